The van der Waals surface area contributed by atoms with Gasteiger partial charge in [0.1, 0.15) is 0 Å². The van der Waals surface area contributed by atoms with Crippen molar-refractivity contribution >= 4 is 17.0 Å². The number of hydrogen-bond donors (Lipinski definition) is 0. The van der Waals surface area contributed by atoms with E-state index in [1.807, 2.05) is 36.0 Å². The van der Waals surface area contributed by atoms with Gasteiger partial charge in [-0.2, -0.15) is 0 Å². The van der Waals surface area contributed by atoms with E-state index < -0.39 is 0 Å². The van der Waals surface area contributed by atoms with Crippen molar-refractivity contribution in [3.63, 3.8) is 0 Å². The van der Waals surface area contributed by atoms with Gasteiger partial charge in [0.25, 0.3) is 0 Å². The van der Waals surface area contributed by atoms with Crippen molar-refractivity contribution in [2.45, 2.75) is 33.4 Å². The van der Waals surface area contributed by atoms with Crippen LogP contribution in [0.3, 0.4) is 0 Å². The molecule has 5 heteroatoms. The van der Waals surface area contributed by atoms with Crippen LogP contribution in [0.1, 0.15) is 20.3 Å². The number of ether oxygens (including phenoxy) is 1. The van der Waals surface area contributed by atoms with E-state index >= 15 is 0 Å². The predicted octanol–water partition coefficient (Wildman–Crippen LogP) is -1.09. The van der Waals surface area contributed by atoms with E-state index in [2.05, 4.69) is 17.6 Å². The Morgan fingerprint density at radius 3 is 2.74 bits per heavy atom. The van der Waals surface area contributed by atoms with Crippen LogP contribution < -0.4 is 17.0 Å². The maximum atomic E-state index is 11.7. The van der Waals surface area contributed by atoms with Gasteiger partial charge in [-0.1, -0.05) is 19.1 Å². The summed E-state index contributed by atoms with van der Waals surface area (Å²) in [5.41, 5.74) is 2.20. The van der Waals surface area contributed by atoms with Gasteiger partial charge in [-0.05, 0) is 25.5 Å². The van der Waals surface area contributed by atoms with Crippen molar-refractivity contribution in [2.75, 3.05) is 6.61 Å². The number of halogens is 1. The van der Waals surface area contributed by atoms with Crippen molar-refractivity contribution in [2.24, 2.45) is 0 Å². The molecule has 0 aliphatic carbocycles. The molecular weight excluding hydrogens is 264 g/mol. The number of aromatic nitrogens is 2. The molecule has 0 saturated heterocycles. The Bertz CT molecular complexity index is 551. The third-order valence-corrected chi connectivity index (χ3v) is 2.89. The van der Waals surface area contributed by atoms with Crippen LogP contribution in [0.5, 0.6) is 0 Å². The first-order valence-corrected chi connectivity index (χ1v) is 6.39. The van der Waals surface area contributed by atoms with Crippen molar-refractivity contribution in [3.05, 3.63) is 30.6 Å². The number of hydrogen-bond acceptors (Lipinski definition) is 2. The van der Waals surface area contributed by atoms with Crippen LogP contribution in [-0.4, -0.2) is 17.1 Å². The van der Waals surface area contributed by atoms with E-state index in [0.29, 0.717) is 6.61 Å². The zero-order chi connectivity index (χ0) is 13.0. The fourth-order valence-electron chi connectivity index (χ4n) is 2.02. The lowest BCUT2D eigenvalue weighted by molar-refractivity contribution is -0.661. The molecule has 1 heterocycles. The number of rotatable bonds is 5. The zero-order valence-electron chi connectivity index (χ0n) is 11.3. The van der Waals surface area contributed by atoms with E-state index in [1.54, 1.807) is 0 Å². The molecule has 1 aromatic carbocycles. The number of imidazole rings is 1. The molecular formula is C14H19ClN2O2. The Hall–Kier alpha value is -1.55. The maximum absolute atomic E-state index is 11.7. The summed E-state index contributed by atoms with van der Waals surface area (Å²) in [6.45, 7) is 5.73. The molecule has 1 aromatic heterocycles. The molecule has 2 rings (SSSR count). The Labute approximate surface area is 119 Å². The minimum Gasteiger partial charge on any atom is -1.00 e. The Morgan fingerprint density at radius 1 is 1.32 bits per heavy atom. The highest BCUT2D eigenvalue weighted by Crippen LogP contribution is 2.10. The lowest BCUT2D eigenvalue weighted by Gasteiger charge is -2.00. The summed E-state index contributed by atoms with van der Waals surface area (Å²) in [5.74, 6) is -0.180. The highest BCUT2D eigenvalue weighted by atomic mass is 35.5. The van der Waals surface area contributed by atoms with Gasteiger partial charge in [-0.15, -0.1) is 0 Å². The van der Waals surface area contributed by atoms with E-state index in [4.69, 9.17) is 4.74 Å². The highest BCUT2D eigenvalue weighted by molar-refractivity contribution is 5.73. The number of carbonyl (C=O) groups excluding carboxylic acids is 1. The van der Waals surface area contributed by atoms with E-state index in [9.17, 15) is 4.79 Å². The van der Waals surface area contributed by atoms with Gasteiger partial charge >= 0.3 is 5.97 Å². The Balaban J connectivity index is 0.00000180. The summed E-state index contributed by atoms with van der Waals surface area (Å²) in [6.07, 6.45) is 2.82. The molecule has 0 N–H and O–H groups in total. The van der Waals surface area contributed by atoms with Crippen LogP contribution in [0.15, 0.2) is 30.6 Å². The van der Waals surface area contributed by atoms with Gasteiger partial charge in [-0.25, -0.2) is 13.9 Å². The molecule has 104 valence electrons. The molecule has 0 bridgehead atoms. The maximum Gasteiger partial charge on any atom is 0.348 e. The van der Waals surface area contributed by atoms with Gasteiger partial charge in [0.2, 0.25) is 6.33 Å². The minimum atomic E-state index is -0.180. The summed E-state index contributed by atoms with van der Waals surface area (Å²) in [4.78, 5) is 11.7. The van der Waals surface area contributed by atoms with Crippen LogP contribution >= 0.6 is 0 Å². The standard InChI is InChI=1S/C14H19N2O2.ClH/c1-3-9-18-14(17)10-16-11-15(4-2)12-7-5-6-8-13(12)16;/h5-8,11H,3-4,9-10H2,1-2H3;1H/q+1;/p-1. The number of esters is 1. The third kappa shape index (κ3) is 3.47. The van der Waals surface area contributed by atoms with Crippen molar-refractivity contribution in [3.8, 4) is 0 Å². The molecule has 0 aliphatic rings. The van der Waals surface area contributed by atoms with E-state index in [1.165, 1.54) is 0 Å². The summed E-state index contributed by atoms with van der Waals surface area (Å²) in [5, 5.41) is 0. The fourth-order valence-corrected chi connectivity index (χ4v) is 2.02. The SMILES string of the molecule is CCCOC(=O)C[n+]1cn(CC)c2ccccc21.[Cl-]. The quantitative estimate of drug-likeness (QED) is 0.516. The number of fused-ring (bicyclic) bond motifs is 1. The largest absolute Gasteiger partial charge is 1.00 e. The smallest absolute Gasteiger partial charge is 0.348 e. The summed E-state index contributed by atoms with van der Waals surface area (Å²) < 4.78 is 9.19. The second kappa shape index (κ2) is 7.14. The molecule has 19 heavy (non-hydrogen) atoms. The first-order chi connectivity index (χ1) is 8.76. The fraction of sp³-hybridized carbons (Fsp3) is 0.429. The molecule has 0 aliphatic heterocycles. The molecule has 2 aromatic rings. The number of nitrogens with zero attached hydrogens (tertiary/aromatic N) is 2. The monoisotopic (exact) mass is 282 g/mol. The van der Waals surface area contributed by atoms with Crippen molar-refractivity contribution in [1.29, 1.82) is 0 Å². The molecule has 0 unspecified atom stereocenters. The molecule has 4 nitrogen and oxygen atoms in total. The lowest BCUT2D eigenvalue weighted by atomic mass is 10.3. The first kappa shape index (κ1) is 15.5. The van der Waals surface area contributed by atoms with Gasteiger partial charge in [0.15, 0.2) is 17.6 Å². The van der Waals surface area contributed by atoms with Gasteiger partial charge in [0.05, 0.1) is 13.2 Å². The zero-order valence-corrected chi connectivity index (χ0v) is 12.1. The Morgan fingerprint density at radius 2 is 2.05 bits per heavy atom. The second-order valence-electron chi connectivity index (χ2n) is 4.24. The average Bonchev–Trinajstić information content (AvgIpc) is 2.75. The molecule has 0 radical (unpaired) electrons. The highest BCUT2D eigenvalue weighted by Gasteiger charge is 2.16. The van der Waals surface area contributed by atoms with Crippen LogP contribution in [0.2, 0.25) is 0 Å². The number of aryl methyl sites for hydroxylation is 1. The molecule has 0 saturated carbocycles. The number of benzene rings is 1. The van der Waals surface area contributed by atoms with Crippen molar-refractivity contribution in [1.82, 2.24) is 4.57 Å². The van der Waals surface area contributed by atoms with Crippen LogP contribution in [0.25, 0.3) is 11.0 Å². The Kier molecular flexibility index (Phi) is 5.83. The number of para-hydroxylation sites is 2. The van der Waals surface area contributed by atoms with Crippen LogP contribution in [0, 0.1) is 0 Å². The van der Waals surface area contributed by atoms with Gasteiger partial charge < -0.3 is 17.1 Å². The molecule has 0 amide bonds. The second-order valence-corrected chi connectivity index (χ2v) is 4.24. The minimum absolute atomic E-state index is 0. The molecule has 0 fully saturated rings. The molecule has 0 atom stereocenters. The van der Waals surface area contributed by atoms with Crippen molar-refractivity contribution < 1.29 is 26.5 Å². The van der Waals surface area contributed by atoms with Crippen LogP contribution in [-0.2, 0) is 22.6 Å². The van der Waals surface area contributed by atoms with Crippen LogP contribution in [0.4, 0.5) is 0 Å². The lowest BCUT2D eigenvalue weighted by Crippen LogP contribution is -3.00. The van der Waals surface area contributed by atoms with Gasteiger partial charge in [0, 0.05) is 0 Å². The van der Waals surface area contributed by atoms with Gasteiger partial charge in [-0.3, -0.25) is 0 Å². The number of carbonyl (C=O) groups is 1. The molecule has 0 spiro atoms. The average molecular weight is 283 g/mol. The van der Waals surface area contributed by atoms with E-state index in [-0.39, 0.29) is 24.9 Å². The topological polar surface area (TPSA) is 35.1 Å². The third-order valence-electron chi connectivity index (χ3n) is 2.89. The summed E-state index contributed by atoms with van der Waals surface area (Å²) in [7, 11) is 0. The summed E-state index contributed by atoms with van der Waals surface area (Å²) in [6, 6.07) is 8.08. The normalized spacial score (nSPS) is 10.2. The predicted molar refractivity (Wildman–Crippen MR) is 69.1 cm³/mol. The van der Waals surface area contributed by atoms with E-state index in [0.717, 1.165) is 24.0 Å². The summed E-state index contributed by atoms with van der Waals surface area (Å²) >= 11 is 0. The first-order valence-electron chi connectivity index (χ1n) is 6.39.